The van der Waals surface area contributed by atoms with Crippen molar-refractivity contribution < 1.29 is 14.6 Å². The highest BCUT2D eigenvalue weighted by atomic mass is 16.5. The van der Waals surface area contributed by atoms with E-state index in [-0.39, 0.29) is 18.1 Å². The zero-order valence-electron chi connectivity index (χ0n) is 20.8. The number of nitrogens with one attached hydrogen (secondary N) is 1. The quantitative estimate of drug-likeness (QED) is 0.390. The Morgan fingerprint density at radius 1 is 1.19 bits per heavy atom. The first-order valence-electron chi connectivity index (χ1n) is 12.1. The van der Waals surface area contributed by atoms with Gasteiger partial charge in [-0.2, -0.15) is 5.10 Å². The lowest BCUT2D eigenvalue weighted by Crippen LogP contribution is -2.41. The number of morpholine rings is 1. The average Bonchev–Trinajstić information content (AvgIpc) is 3.35. The fourth-order valence-corrected chi connectivity index (χ4v) is 4.33. The first-order valence-corrected chi connectivity index (χ1v) is 12.1. The largest absolute Gasteiger partial charge is 0.394 e. The molecular weight excluding hydrogens is 474 g/mol. The summed E-state index contributed by atoms with van der Waals surface area (Å²) in [7, 11) is 1.81. The third-order valence-corrected chi connectivity index (χ3v) is 6.42. The highest BCUT2D eigenvalue weighted by Gasteiger charge is 2.18. The van der Waals surface area contributed by atoms with Crippen LogP contribution in [0.15, 0.2) is 53.8 Å². The van der Waals surface area contributed by atoms with Crippen LogP contribution in [-0.2, 0) is 16.6 Å². The standard InChI is InChI=1S/C26H29N7O4/c1-17(15-34)33-16-27-25-21(26(33)36)11-22(30-24(25)19-12-28-31(2)13-19)18-3-5-20(6-4-18)29-23(35)14-32-7-9-37-10-8-32/h3-6,11-13,16-17,34H,7-10,14-15H2,1-2H3,(H,29,35)/t17-/m0/s1. The Hall–Kier alpha value is -3.93. The number of aryl methyl sites for hydroxylation is 1. The van der Waals surface area contributed by atoms with Gasteiger partial charge in [-0.3, -0.25) is 23.7 Å². The number of benzene rings is 1. The van der Waals surface area contributed by atoms with Gasteiger partial charge in [0, 0.05) is 43.1 Å². The van der Waals surface area contributed by atoms with Gasteiger partial charge >= 0.3 is 0 Å². The summed E-state index contributed by atoms with van der Waals surface area (Å²) in [4.78, 5) is 37.2. The number of rotatable bonds is 7. The Morgan fingerprint density at radius 2 is 1.95 bits per heavy atom. The van der Waals surface area contributed by atoms with Crippen LogP contribution in [0.4, 0.5) is 5.69 Å². The molecule has 3 aromatic heterocycles. The number of aliphatic hydroxyl groups excluding tert-OH is 1. The molecule has 1 aliphatic rings. The Kier molecular flexibility index (Phi) is 7.08. The molecule has 37 heavy (non-hydrogen) atoms. The predicted octanol–water partition coefficient (Wildman–Crippen LogP) is 1.68. The summed E-state index contributed by atoms with van der Waals surface area (Å²) in [6.07, 6.45) is 4.95. The molecule has 0 radical (unpaired) electrons. The van der Waals surface area contributed by atoms with Crippen molar-refractivity contribution in [1.29, 1.82) is 0 Å². The van der Waals surface area contributed by atoms with Gasteiger partial charge in [0.05, 0.1) is 56.0 Å². The molecule has 192 valence electrons. The van der Waals surface area contributed by atoms with E-state index in [9.17, 15) is 14.7 Å². The number of pyridine rings is 1. The molecule has 0 saturated carbocycles. The van der Waals surface area contributed by atoms with Crippen molar-refractivity contribution in [1.82, 2.24) is 29.2 Å². The molecule has 1 aromatic carbocycles. The summed E-state index contributed by atoms with van der Waals surface area (Å²) in [5, 5.41) is 17.2. The molecule has 2 N–H and O–H groups in total. The number of carbonyl (C=O) groups is 1. The average molecular weight is 504 g/mol. The number of hydrogen-bond acceptors (Lipinski definition) is 8. The zero-order valence-corrected chi connectivity index (χ0v) is 20.8. The molecule has 4 aromatic rings. The molecule has 11 heteroatoms. The van der Waals surface area contributed by atoms with Crippen LogP contribution in [0.2, 0.25) is 0 Å². The summed E-state index contributed by atoms with van der Waals surface area (Å²) >= 11 is 0. The fraction of sp³-hybridized carbons (Fsp3) is 0.346. The number of amides is 1. The number of fused-ring (bicyclic) bond motifs is 1. The lowest BCUT2D eigenvalue weighted by Gasteiger charge is -2.25. The Morgan fingerprint density at radius 3 is 2.62 bits per heavy atom. The van der Waals surface area contributed by atoms with Crippen molar-refractivity contribution in [3.63, 3.8) is 0 Å². The molecule has 0 bridgehead atoms. The van der Waals surface area contributed by atoms with Crippen molar-refractivity contribution in [2.24, 2.45) is 7.05 Å². The molecule has 4 heterocycles. The zero-order chi connectivity index (χ0) is 25.9. The number of anilines is 1. The van der Waals surface area contributed by atoms with Crippen molar-refractivity contribution in [3.05, 3.63) is 59.4 Å². The van der Waals surface area contributed by atoms with Crippen LogP contribution in [0, 0.1) is 0 Å². The Balaban J connectivity index is 1.48. The molecule has 0 unspecified atom stereocenters. The van der Waals surface area contributed by atoms with E-state index in [1.807, 2.05) is 37.5 Å². The van der Waals surface area contributed by atoms with E-state index in [1.54, 1.807) is 23.9 Å². The molecule has 11 nitrogen and oxygen atoms in total. The van der Waals surface area contributed by atoms with E-state index in [1.165, 1.54) is 10.9 Å². The first kappa shape index (κ1) is 24.8. The Labute approximate surface area is 213 Å². The second kappa shape index (κ2) is 10.6. The highest BCUT2D eigenvalue weighted by molar-refractivity contribution is 5.94. The van der Waals surface area contributed by atoms with Crippen LogP contribution in [0.1, 0.15) is 13.0 Å². The van der Waals surface area contributed by atoms with Crippen LogP contribution in [0.5, 0.6) is 0 Å². The molecule has 1 fully saturated rings. The maximum Gasteiger partial charge on any atom is 0.261 e. The number of aromatic nitrogens is 5. The molecule has 0 aliphatic carbocycles. The van der Waals surface area contributed by atoms with Gasteiger partial charge in [0.25, 0.3) is 5.56 Å². The minimum absolute atomic E-state index is 0.0815. The van der Waals surface area contributed by atoms with Crippen molar-refractivity contribution in [2.45, 2.75) is 13.0 Å². The summed E-state index contributed by atoms with van der Waals surface area (Å²) in [6.45, 7) is 4.66. The number of hydrogen-bond donors (Lipinski definition) is 2. The maximum absolute atomic E-state index is 13.3. The van der Waals surface area contributed by atoms with Crippen molar-refractivity contribution >= 4 is 22.5 Å². The SMILES string of the molecule is C[C@@H](CO)n1cnc2c(-c3cnn(C)c3)nc(-c3ccc(NC(=O)CN4CCOCC4)cc3)cc2c1=O. The minimum atomic E-state index is -0.414. The molecule has 1 aliphatic heterocycles. The van der Waals surface area contributed by atoms with Crippen LogP contribution in [0.25, 0.3) is 33.4 Å². The third-order valence-electron chi connectivity index (χ3n) is 6.42. The fourth-order valence-electron chi connectivity index (χ4n) is 4.33. The van der Waals surface area contributed by atoms with Gasteiger partial charge in [-0.05, 0) is 25.1 Å². The molecular formula is C26H29N7O4. The van der Waals surface area contributed by atoms with E-state index < -0.39 is 6.04 Å². The minimum Gasteiger partial charge on any atom is -0.394 e. The van der Waals surface area contributed by atoms with E-state index >= 15 is 0 Å². The summed E-state index contributed by atoms with van der Waals surface area (Å²) in [5.41, 5.74) is 3.54. The van der Waals surface area contributed by atoms with Crippen LogP contribution in [0.3, 0.4) is 0 Å². The lowest BCUT2D eigenvalue weighted by molar-refractivity contribution is -0.118. The number of ether oxygens (including phenoxy) is 1. The number of nitrogens with zero attached hydrogens (tertiary/aromatic N) is 6. The third kappa shape index (κ3) is 5.29. The van der Waals surface area contributed by atoms with E-state index in [4.69, 9.17) is 9.72 Å². The molecule has 0 spiro atoms. The van der Waals surface area contributed by atoms with Gasteiger partial charge in [-0.25, -0.2) is 9.97 Å². The molecule has 1 amide bonds. The Bertz CT molecular complexity index is 1470. The van der Waals surface area contributed by atoms with E-state index in [2.05, 4.69) is 20.3 Å². The van der Waals surface area contributed by atoms with Crippen LogP contribution < -0.4 is 10.9 Å². The van der Waals surface area contributed by atoms with Gasteiger partial charge in [0.15, 0.2) is 0 Å². The second-order valence-electron chi connectivity index (χ2n) is 9.16. The van der Waals surface area contributed by atoms with Crippen molar-refractivity contribution in [2.75, 3.05) is 44.8 Å². The molecule has 1 atom stereocenters. The summed E-state index contributed by atoms with van der Waals surface area (Å²) in [6, 6.07) is 8.66. The van der Waals surface area contributed by atoms with Gasteiger partial charge in [-0.15, -0.1) is 0 Å². The monoisotopic (exact) mass is 503 g/mol. The van der Waals surface area contributed by atoms with Crippen LogP contribution >= 0.6 is 0 Å². The second-order valence-corrected chi connectivity index (χ2v) is 9.16. The molecule has 5 rings (SSSR count). The van der Waals surface area contributed by atoms with Crippen molar-refractivity contribution in [3.8, 4) is 22.5 Å². The van der Waals surface area contributed by atoms with Gasteiger partial charge in [-0.1, -0.05) is 12.1 Å². The van der Waals surface area contributed by atoms with Gasteiger partial charge in [0.2, 0.25) is 5.91 Å². The first-order chi connectivity index (χ1) is 17.9. The lowest BCUT2D eigenvalue weighted by atomic mass is 10.1. The summed E-state index contributed by atoms with van der Waals surface area (Å²) < 4.78 is 8.42. The topological polar surface area (TPSA) is 127 Å². The van der Waals surface area contributed by atoms with Gasteiger partial charge < -0.3 is 15.2 Å². The van der Waals surface area contributed by atoms with E-state index in [0.29, 0.717) is 47.7 Å². The maximum atomic E-state index is 13.3. The normalized spacial score (nSPS) is 15.1. The van der Waals surface area contributed by atoms with E-state index in [0.717, 1.165) is 24.2 Å². The summed E-state index contributed by atoms with van der Waals surface area (Å²) in [5.74, 6) is -0.0815. The number of carbonyl (C=O) groups excluding carboxylic acids is 1. The van der Waals surface area contributed by atoms with Gasteiger partial charge in [0.1, 0.15) is 11.2 Å². The highest BCUT2D eigenvalue weighted by Crippen LogP contribution is 2.29. The number of aliphatic hydroxyl groups is 1. The smallest absolute Gasteiger partial charge is 0.261 e. The van der Waals surface area contributed by atoms with Crippen LogP contribution in [-0.4, -0.2) is 79.7 Å². The molecule has 1 saturated heterocycles. The predicted molar refractivity (Wildman–Crippen MR) is 139 cm³/mol.